The van der Waals surface area contributed by atoms with Crippen LogP contribution in [0.1, 0.15) is 127 Å². The fraction of sp³-hybridized carbons (Fsp3) is 0.493. The van der Waals surface area contributed by atoms with Crippen molar-refractivity contribution in [3.63, 3.8) is 0 Å². The van der Waals surface area contributed by atoms with Crippen molar-refractivity contribution in [2.45, 2.75) is 160 Å². The second-order valence-corrected chi connectivity index (χ2v) is 29.2. The molecule has 13 rings (SSSR count). The standard InChI is InChI=1S/C71H83N9O18S/c1-41-48(46-18-19-53(75-57(46)63(90)91)78-25-22-43-11-8-13-47(49(43)30-78)62(89)76-66-74-50-14-4-5-15-52(50)99-66)29-73-80(41)40-70-35-68(2)34-69(3,36-70)38-71(37-68,39-70)96-27-26-77(24-9-12-45(82)32-81)67(94)95-33-44-17-16-42(10-6-7-23-72-54(83)31-79-55(84)20-21-56(79)85)28-51(44)97-65-60(88)58(86)59(87)61(98-65)64(92)93/h4-5,8,11,13-21,28-29,45,58-61,65,81-82,86-88H,6-7,9-10,12,22-27,30-40H2,1-3H3,(H,72,83)(H,90,91)(H,92,93)(H,74,76,89)/t45-,58-,59-,60+,61-,65+,68?,69?,70?,71?/m0/s1. The molecule has 8 atom stereocenters. The Balaban J connectivity index is 0.712. The molecule has 3 aliphatic heterocycles. The summed E-state index contributed by atoms with van der Waals surface area (Å²) >= 11 is 1.40. The highest BCUT2D eigenvalue weighted by atomic mass is 32.1. The zero-order valence-corrected chi connectivity index (χ0v) is 56.2. The Labute approximate surface area is 574 Å². The molecule has 0 spiro atoms. The first-order valence-corrected chi connectivity index (χ1v) is 34.3. The average molecular weight is 1380 g/mol. The number of carboxylic acid groups (broad SMARTS) is 2. The predicted molar refractivity (Wildman–Crippen MR) is 358 cm³/mol. The van der Waals surface area contributed by atoms with E-state index in [9.17, 15) is 69.3 Å². The van der Waals surface area contributed by atoms with Gasteiger partial charge in [-0.1, -0.05) is 61.6 Å². The number of unbranched alkanes of at least 4 members (excludes halogenated alkanes) is 1. The smallest absolute Gasteiger partial charge is 0.410 e. The number of carbonyl (C=O) groups is 7. The molecular formula is C71H83N9O18S. The summed E-state index contributed by atoms with van der Waals surface area (Å²) in [5, 5.41) is 83.7. The number of aliphatic hydroxyl groups excluding tert-OH is 5. The average Bonchev–Trinajstić information content (AvgIpc) is 1.04. The van der Waals surface area contributed by atoms with E-state index in [4.69, 9.17) is 29.0 Å². The minimum atomic E-state index is -1.99. The number of hydrogen-bond acceptors (Lipinski definition) is 21. The number of aliphatic carboxylic acids is 1. The molecular weight excluding hydrogens is 1300 g/mol. The molecule has 526 valence electrons. The Bertz CT molecular complexity index is 4050. The Morgan fingerprint density at radius 1 is 0.848 bits per heavy atom. The number of nitrogens with one attached hydrogen (secondary N) is 2. The van der Waals surface area contributed by atoms with Crippen molar-refractivity contribution in [1.29, 1.82) is 0 Å². The number of nitrogens with zero attached hydrogens (tertiary/aromatic N) is 7. The molecule has 4 saturated carbocycles. The van der Waals surface area contributed by atoms with Gasteiger partial charge in [0, 0.05) is 79.4 Å². The molecule has 28 heteroatoms. The summed E-state index contributed by atoms with van der Waals surface area (Å²) in [6.07, 6.45) is 0.0670. The van der Waals surface area contributed by atoms with Crippen LogP contribution in [0.4, 0.5) is 15.7 Å². The van der Waals surface area contributed by atoms with Crippen LogP contribution in [0.15, 0.2) is 91.1 Å². The number of thiazole rings is 1. The van der Waals surface area contributed by atoms with Crippen molar-refractivity contribution in [3.05, 3.63) is 130 Å². The van der Waals surface area contributed by atoms with Gasteiger partial charge in [0.1, 0.15) is 43.0 Å². The van der Waals surface area contributed by atoms with Gasteiger partial charge in [0.05, 0.1) is 41.3 Å². The van der Waals surface area contributed by atoms with E-state index in [0.717, 1.165) is 76.2 Å². The van der Waals surface area contributed by atoms with Gasteiger partial charge in [0.15, 0.2) is 16.9 Å². The number of imide groups is 1. The molecule has 9 N–H and O–H groups in total. The number of carboxylic acids is 2. The number of fused-ring (bicyclic) bond motifs is 2. The molecule has 5 amide bonds. The van der Waals surface area contributed by atoms with Crippen molar-refractivity contribution < 1.29 is 88.3 Å². The van der Waals surface area contributed by atoms with E-state index in [0.29, 0.717) is 91.4 Å². The molecule has 4 aliphatic carbocycles. The number of ether oxygens (including phenoxy) is 4. The number of aliphatic hydroxyl groups is 5. The Morgan fingerprint density at radius 2 is 1.62 bits per heavy atom. The summed E-state index contributed by atoms with van der Waals surface area (Å²) in [5.41, 5.74) is 4.78. The van der Waals surface area contributed by atoms with Gasteiger partial charge in [-0.3, -0.25) is 34.1 Å². The number of rotatable bonds is 28. The second kappa shape index (κ2) is 28.8. The van der Waals surface area contributed by atoms with E-state index in [2.05, 4.69) is 29.5 Å². The second-order valence-electron chi connectivity index (χ2n) is 28.2. The molecule has 5 fully saturated rings. The fourth-order valence-electron chi connectivity index (χ4n) is 16.7. The fourth-order valence-corrected chi connectivity index (χ4v) is 17.5. The summed E-state index contributed by atoms with van der Waals surface area (Å²) < 4.78 is 27.6. The topological polar surface area (TPSA) is 375 Å². The van der Waals surface area contributed by atoms with Crippen LogP contribution in [-0.2, 0) is 65.9 Å². The van der Waals surface area contributed by atoms with Gasteiger partial charge in [0.2, 0.25) is 12.2 Å². The third-order valence-corrected chi connectivity index (χ3v) is 21.1. The summed E-state index contributed by atoms with van der Waals surface area (Å²) in [4.78, 5) is 103. The number of aryl methyl sites for hydroxylation is 1. The van der Waals surface area contributed by atoms with Gasteiger partial charge in [-0.15, -0.1) is 0 Å². The molecule has 99 heavy (non-hydrogen) atoms. The van der Waals surface area contributed by atoms with Crippen LogP contribution in [0.5, 0.6) is 5.75 Å². The van der Waals surface area contributed by atoms with Crippen molar-refractivity contribution in [2.24, 2.45) is 16.2 Å². The highest BCUT2D eigenvalue weighted by molar-refractivity contribution is 7.22. The molecule has 3 aromatic carbocycles. The number of amides is 5. The number of para-hydroxylation sites is 1. The highest BCUT2D eigenvalue weighted by Gasteiger charge is 2.66. The molecule has 0 radical (unpaired) electrons. The molecule has 27 nitrogen and oxygen atoms in total. The first kappa shape index (κ1) is 70.1. The van der Waals surface area contributed by atoms with E-state index in [1.165, 1.54) is 16.2 Å². The maximum absolute atomic E-state index is 14.4. The lowest BCUT2D eigenvalue weighted by atomic mass is 9.39. The Morgan fingerprint density at radius 3 is 2.35 bits per heavy atom. The molecule has 2 unspecified atom stereocenters. The molecule has 1 saturated heterocycles. The lowest BCUT2D eigenvalue weighted by molar-refractivity contribution is -0.271. The van der Waals surface area contributed by atoms with Crippen molar-refractivity contribution in [3.8, 4) is 16.9 Å². The van der Waals surface area contributed by atoms with Crippen molar-refractivity contribution >= 4 is 74.2 Å². The van der Waals surface area contributed by atoms with Gasteiger partial charge >= 0.3 is 18.0 Å². The summed E-state index contributed by atoms with van der Waals surface area (Å²) in [6, 6.07) is 21.9. The largest absolute Gasteiger partial charge is 0.479 e. The highest BCUT2D eigenvalue weighted by Crippen LogP contribution is 2.72. The SMILES string of the molecule is Cc1c(-c2ccc(N3CCc4cccc(C(=O)Nc5nc6ccccc6s5)c4C3)nc2C(=O)O)cnn1CC12CC3(C)CC(C)(C1)CC(OCCN(CCC[C@H](O)CO)C(=O)OCc1ccc(CCCCNC(=O)CN4C(=O)C=CC4=O)cc1O[C@@H]1O[C@H](C(=O)O)[C@@H](O)[C@H](O)[C@H]1O)(C3)C2. The summed E-state index contributed by atoms with van der Waals surface area (Å²) in [7, 11) is 0. The Hall–Kier alpha value is -8.74. The number of anilines is 2. The zero-order chi connectivity index (χ0) is 70.1. The summed E-state index contributed by atoms with van der Waals surface area (Å²) in [5.74, 6) is -4.29. The molecule has 6 heterocycles. The first-order valence-electron chi connectivity index (χ1n) is 33.5. The normalized spacial score (nSPS) is 25.6. The number of aromatic nitrogens is 4. The lowest BCUT2D eigenvalue weighted by Gasteiger charge is -2.69. The van der Waals surface area contributed by atoms with Crippen LogP contribution < -0.4 is 20.3 Å². The van der Waals surface area contributed by atoms with Crippen LogP contribution in [0.25, 0.3) is 21.3 Å². The van der Waals surface area contributed by atoms with Crippen LogP contribution in [0.3, 0.4) is 0 Å². The number of aromatic carboxylic acids is 1. The first-order chi connectivity index (χ1) is 47.3. The van der Waals surface area contributed by atoms with E-state index in [1.807, 2.05) is 59.0 Å². The lowest BCUT2D eigenvalue weighted by Crippen LogP contribution is -2.64. The molecule has 3 aromatic heterocycles. The maximum atomic E-state index is 14.4. The molecule has 6 aromatic rings. The number of pyridine rings is 1. The monoisotopic (exact) mass is 1380 g/mol. The number of carbonyl (C=O) groups excluding carboxylic acids is 5. The van der Waals surface area contributed by atoms with Gasteiger partial charge in [-0.25, -0.2) is 24.4 Å². The minimum absolute atomic E-state index is 0.00254. The third kappa shape index (κ3) is 15.4. The minimum Gasteiger partial charge on any atom is -0.479 e. The van der Waals surface area contributed by atoms with Crippen LogP contribution >= 0.6 is 11.3 Å². The predicted octanol–water partition coefficient (Wildman–Crippen LogP) is 5.92. The zero-order valence-electron chi connectivity index (χ0n) is 55.3. The molecule has 4 bridgehead atoms. The summed E-state index contributed by atoms with van der Waals surface area (Å²) in [6.45, 7) is 7.25. The third-order valence-electron chi connectivity index (χ3n) is 20.1. The van der Waals surface area contributed by atoms with E-state index in [1.54, 1.807) is 36.5 Å². The van der Waals surface area contributed by atoms with Crippen molar-refractivity contribution in [1.82, 2.24) is 34.9 Å². The van der Waals surface area contributed by atoms with E-state index < -0.39 is 97.9 Å². The van der Waals surface area contributed by atoms with Crippen LogP contribution in [-0.4, -0.2) is 195 Å². The van der Waals surface area contributed by atoms with E-state index >= 15 is 0 Å². The number of hydrogen-bond donors (Lipinski definition) is 9. The van der Waals surface area contributed by atoms with Crippen molar-refractivity contribution in [2.75, 3.05) is 56.2 Å². The van der Waals surface area contributed by atoms with E-state index in [-0.39, 0.29) is 71.8 Å². The van der Waals surface area contributed by atoms with Crippen LogP contribution in [0.2, 0.25) is 0 Å². The van der Waals surface area contributed by atoms with Gasteiger partial charge in [0.25, 0.3) is 17.7 Å². The maximum Gasteiger partial charge on any atom is 0.410 e. The van der Waals surface area contributed by atoms with Gasteiger partial charge in [-0.2, -0.15) is 5.10 Å². The quantitative estimate of drug-likeness (QED) is 0.0203. The molecule has 7 aliphatic rings. The number of benzene rings is 3. The van der Waals surface area contributed by atoms with Gasteiger partial charge in [-0.05, 0) is 153 Å². The van der Waals surface area contributed by atoms with Gasteiger partial charge < -0.3 is 69.8 Å². The van der Waals surface area contributed by atoms with Crippen LogP contribution in [0, 0.1) is 23.2 Å². The Kier molecular flexibility index (Phi) is 20.4.